The van der Waals surface area contributed by atoms with Crippen molar-refractivity contribution in [3.05, 3.63) is 53.6 Å². The molecule has 3 aromatic carbocycles. The van der Waals surface area contributed by atoms with Crippen LogP contribution in [0.5, 0.6) is 46.0 Å². The van der Waals surface area contributed by atoms with Crippen molar-refractivity contribution in [2.24, 2.45) is 0 Å². The Labute approximate surface area is 199 Å². The number of phenols is 6. The molecule has 0 bridgehead atoms. The second-order valence-electron chi connectivity index (χ2n) is 7.43. The van der Waals surface area contributed by atoms with Gasteiger partial charge in [0.15, 0.2) is 34.6 Å². The summed E-state index contributed by atoms with van der Waals surface area (Å²) < 4.78 is 10.5. The van der Waals surface area contributed by atoms with Gasteiger partial charge in [-0.1, -0.05) is 0 Å². The molecule has 0 heterocycles. The standard InChI is InChI=1S/C24H23NO10/c1-34-13-7-12(8-14(9-13)35-2)25(10-19(28)15-3-5-17(26)23(32)21(15)30)11-20(29)16-4-6-18(27)24(33)22(16)31/h3-9,26-27,30-33H,10-11H2,1-2H3. The fourth-order valence-electron chi connectivity index (χ4n) is 3.32. The molecule has 0 aliphatic carbocycles. The fourth-order valence-corrected chi connectivity index (χ4v) is 3.32. The average molecular weight is 485 g/mol. The summed E-state index contributed by atoms with van der Waals surface area (Å²) in [5.74, 6) is -5.37. The zero-order valence-electron chi connectivity index (χ0n) is 18.7. The van der Waals surface area contributed by atoms with E-state index in [9.17, 15) is 40.2 Å². The van der Waals surface area contributed by atoms with E-state index in [-0.39, 0.29) is 11.1 Å². The van der Waals surface area contributed by atoms with Gasteiger partial charge in [0.25, 0.3) is 0 Å². The van der Waals surface area contributed by atoms with Crippen LogP contribution in [0.3, 0.4) is 0 Å². The molecule has 35 heavy (non-hydrogen) atoms. The van der Waals surface area contributed by atoms with Crippen molar-refractivity contribution in [3.8, 4) is 46.0 Å². The topological polar surface area (TPSA) is 177 Å². The highest BCUT2D eigenvalue weighted by molar-refractivity contribution is 6.06. The minimum atomic E-state index is -0.869. The fraction of sp³-hybridized carbons (Fsp3) is 0.167. The Morgan fingerprint density at radius 2 is 1.06 bits per heavy atom. The van der Waals surface area contributed by atoms with Gasteiger partial charge in [0.2, 0.25) is 11.5 Å². The third-order valence-corrected chi connectivity index (χ3v) is 5.23. The number of hydrogen-bond donors (Lipinski definition) is 6. The normalized spacial score (nSPS) is 10.6. The summed E-state index contributed by atoms with van der Waals surface area (Å²) in [7, 11) is 2.82. The quantitative estimate of drug-likeness (QED) is 0.194. The first-order valence-corrected chi connectivity index (χ1v) is 10.1. The Hall–Kier alpha value is -4.80. The average Bonchev–Trinajstić information content (AvgIpc) is 2.84. The molecular weight excluding hydrogens is 462 g/mol. The number of benzene rings is 3. The first kappa shape index (κ1) is 24.8. The second-order valence-corrected chi connectivity index (χ2v) is 7.43. The SMILES string of the molecule is COc1cc(OC)cc(N(CC(=O)c2ccc(O)c(O)c2O)CC(=O)c2ccc(O)c(O)c2O)c1. The molecule has 0 unspecified atom stereocenters. The molecule has 0 radical (unpaired) electrons. The van der Waals surface area contributed by atoms with Gasteiger partial charge in [-0.05, 0) is 24.3 Å². The number of methoxy groups -OCH3 is 2. The van der Waals surface area contributed by atoms with Gasteiger partial charge in [-0.25, -0.2) is 0 Å². The van der Waals surface area contributed by atoms with Gasteiger partial charge < -0.3 is 45.0 Å². The number of carbonyl (C=O) groups excluding carboxylic acids is 2. The highest BCUT2D eigenvalue weighted by Crippen LogP contribution is 2.39. The first-order chi connectivity index (χ1) is 16.6. The molecule has 0 spiro atoms. The van der Waals surface area contributed by atoms with Gasteiger partial charge >= 0.3 is 0 Å². The molecule has 184 valence electrons. The molecule has 11 nitrogen and oxygen atoms in total. The van der Waals surface area contributed by atoms with Crippen LogP contribution in [-0.2, 0) is 0 Å². The number of carbonyl (C=O) groups is 2. The predicted octanol–water partition coefficient (Wildman–Crippen LogP) is 2.51. The van der Waals surface area contributed by atoms with Crippen LogP contribution in [-0.4, -0.2) is 69.5 Å². The number of ketones is 2. The van der Waals surface area contributed by atoms with Gasteiger partial charge in [0, 0.05) is 23.9 Å². The summed E-state index contributed by atoms with van der Waals surface area (Å²) in [5.41, 5.74) is -0.316. The van der Waals surface area contributed by atoms with Crippen molar-refractivity contribution < 1.29 is 49.7 Å². The Balaban J connectivity index is 2.03. The summed E-state index contributed by atoms with van der Waals surface area (Å²) in [6.07, 6.45) is 0. The second kappa shape index (κ2) is 10.00. The number of ether oxygens (including phenoxy) is 2. The third kappa shape index (κ3) is 5.08. The van der Waals surface area contributed by atoms with Crippen LogP contribution in [0.15, 0.2) is 42.5 Å². The van der Waals surface area contributed by atoms with E-state index in [1.807, 2.05) is 0 Å². The Morgan fingerprint density at radius 3 is 1.43 bits per heavy atom. The smallest absolute Gasteiger partial charge is 0.201 e. The molecule has 11 heteroatoms. The number of nitrogens with zero attached hydrogens (tertiary/aromatic N) is 1. The highest BCUT2D eigenvalue weighted by atomic mass is 16.5. The van der Waals surface area contributed by atoms with Crippen molar-refractivity contribution in [1.29, 1.82) is 0 Å². The van der Waals surface area contributed by atoms with Gasteiger partial charge in [-0.2, -0.15) is 0 Å². The van der Waals surface area contributed by atoms with Gasteiger partial charge in [0.05, 0.1) is 38.4 Å². The number of aromatic hydroxyl groups is 6. The number of Topliss-reactive ketones (excluding diaryl/α,β-unsaturated/α-hetero) is 2. The first-order valence-electron chi connectivity index (χ1n) is 10.1. The van der Waals surface area contributed by atoms with Crippen molar-refractivity contribution in [3.63, 3.8) is 0 Å². The predicted molar refractivity (Wildman–Crippen MR) is 123 cm³/mol. The van der Waals surface area contributed by atoms with Crippen LogP contribution < -0.4 is 14.4 Å². The molecule has 0 amide bonds. The minimum Gasteiger partial charge on any atom is -0.504 e. The van der Waals surface area contributed by atoms with E-state index in [1.165, 1.54) is 31.3 Å². The van der Waals surface area contributed by atoms with Gasteiger partial charge in [-0.3, -0.25) is 9.59 Å². The molecule has 3 rings (SSSR count). The van der Waals surface area contributed by atoms with Crippen molar-refractivity contribution in [1.82, 2.24) is 0 Å². The molecule has 0 fully saturated rings. The van der Waals surface area contributed by atoms with Crippen LogP contribution in [0.4, 0.5) is 5.69 Å². The van der Waals surface area contributed by atoms with E-state index in [0.717, 1.165) is 24.3 Å². The molecule has 0 aromatic heterocycles. The molecule has 0 saturated carbocycles. The summed E-state index contributed by atoms with van der Waals surface area (Å²) in [6, 6.07) is 8.90. The van der Waals surface area contributed by atoms with Crippen LogP contribution in [0.1, 0.15) is 20.7 Å². The maximum Gasteiger partial charge on any atom is 0.201 e. The Kier molecular flexibility index (Phi) is 7.09. The van der Waals surface area contributed by atoms with E-state index in [2.05, 4.69) is 0 Å². The lowest BCUT2D eigenvalue weighted by molar-refractivity contribution is 0.0981. The lowest BCUT2D eigenvalue weighted by Gasteiger charge is -2.25. The largest absolute Gasteiger partial charge is 0.504 e. The van der Waals surface area contributed by atoms with E-state index < -0.39 is 59.2 Å². The van der Waals surface area contributed by atoms with Gasteiger partial charge in [-0.15, -0.1) is 0 Å². The molecular formula is C24H23NO10. The monoisotopic (exact) mass is 485 g/mol. The molecule has 3 aromatic rings. The summed E-state index contributed by atoms with van der Waals surface area (Å²) in [6.45, 7) is -0.991. The molecule has 0 aliphatic rings. The van der Waals surface area contributed by atoms with Crippen LogP contribution in [0.2, 0.25) is 0 Å². The molecule has 0 saturated heterocycles. The van der Waals surface area contributed by atoms with E-state index >= 15 is 0 Å². The number of rotatable bonds is 9. The van der Waals surface area contributed by atoms with Crippen molar-refractivity contribution >= 4 is 17.3 Å². The summed E-state index contributed by atoms with van der Waals surface area (Å²) in [5, 5.41) is 58.8. The number of hydrogen-bond acceptors (Lipinski definition) is 11. The lowest BCUT2D eigenvalue weighted by atomic mass is 10.1. The van der Waals surface area contributed by atoms with Crippen LogP contribution in [0.25, 0.3) is 0 Å². The Bertz CT molecular complexity index is 1190. The molecule has 0 atom stereocenters. The van der Waals surface area contributed by atoms with Crippen LogP contribution >= 0.6 is 0 Å². The van der Waals surface area contributed by atoms with E-state index in [1.54, 1.807) is 6.07 Å². The molecule has 0 aliphatic heterocycles. The Morgan fingerprint density at radius 1 is 0.657 bits per heavy atom. The zero-order chi connectivity index (χ0) is 25.9. The highest BCUT2D eigenvalue weighted by Gasteiger charge is 2.25. The zero-order valence-corrected chi connectivity index (χ0v) is 18.7. The number of phenolic OH excluding ortho intramolecular Hbond substituents is 6. The summed E-state index contributed by atoms with van der Waals surface area (Å²) in [4.78, 5) is 27.3. The van der Waals surface area contributed by atoms with Crippen molar-refractivity contribution in [2.75, 3.05) is 32.2 Å². The number of anilines is 1. The van der Waals surface area contributed by atoms with E-state index in [4.69, 9.17) is 9.47 Å². The van der Waals surface area contributed by atoms with Crippen molar-refractivity contribution in [2.45, 2.75) is 0 Å². The third-order valence-electron chi connectivity index (χ3n) is 5.23. The van der Waals surface area contributed by atoms with Gasteiger partial charge in [0.1, 0.15) is 11.5 Å². The maximum atomic E-state index is 13.0. The summed E-state index contributed by atoms with van der Waals surface area (Å²) >= 11 is 0. The maximum absolute atomic E-state index is 13.0. The minimum absolute atomic E-state index is 0.299. The van der Waals surface area contributed by atoms with E-state index in [0.29, 0.717) is 17.2 Å². The van der Waals surface area contributed by atoms with Crippen LogP contribution in [0, 0.1) is 0 Å². The molecule has 6 N–H and O–H groups in total. The lowest BCUT2D eigenvalue weighted by Crippen LogP contribution is -2.35.